The summed E-state index contributed by atoms with van der Waals surface area (Å²) in [7, 11) is 3.58. The maximum atomic E-state index is 12.8. The molecule has 2 atom stereocenters. The SMILES string of the molecule is CO[C@@]1(C)C[C@@H](N(C)C(=O)c2ccc3[nH]c(=S)oc3c2)C1(C)C. The summed E-state index contributed by atoms with van der Waals surface area (Å²) < 4.78 is 11.0. The van der Waals surface area contributed by atoms with Crippen LogP contribution in [0.3, 0.4) is 0 Å². The highest BCUT2D eigenvalue weighted by Crippen LogP contribution is 2.53. The normalized spacial score (nSPS) is 26.0. The molecular weight excluding hydrogens is 312 g/mol. The van der Waals surface area contributed by atoms with Crippen LogP contribution in [0.15, 0.2) is 22.6 Å². The van der Waals surface area contributed by atoms with Crippen LogP contribution in [0.2, 0.25) is 0 Å². The Hall–Kier alpha value is -1.66. The minimum atomic E-state index is -0.205. The van der Waals surface area contributed by atoms with Gasteiger partial charge >= 0.3 is 0 Å². The van der Waals surface area contributed by atoms with Gasteiger partial charge in [-0.25, -0.2) is 0 Å². The number of H-pyrrole nitrogens is 1. The molecule has 1 aromatic carbocycles. The quantitative estimate of drug-likeness (QED) is 0.868. The topological polar surface area (TPSA) is 58.5 Å². The lowest BCUT2D eigenvalue weighted by Crippen LogP contribution is -2.68. The lowest BCUT2D eigenvalue weighted by Gasteiger charge is -2.61. The molecule has 6 heteroatoms. The van der Waals surface area contributed by atoms with Gasteiger partial charge in [-0.3, -0.25) is 4.79 Å². The summed E-state index contributed by atoms with van der Waals surface area (Å²) in [5.74, 6) is -0.0227. The van der Waals surface area contributed by atoms with Crippen LogP contribution in [-0.4, -0.2) is 41.6 Å². The van der Waals surface area contributed by atoms with Crippen LogP contribution in [-0.2, 0) is 4.74 Å². The first kappa shape index (κ1) is 16.2. The number of aromatic nitrogens is 1. The van der Waals surface area contributed by atoms with Crippen LogP contribution in [0.4, 0.5) is 0 Å². The summed E-state index contributed by atoms with van der Waals surface area (Å²) in [5, 5.41) is 0. The third-order valence-electron chi connectivity index (χ3n) is 5.69. The van der Waals surface area contributed by atoms with E-state index in [-0.39, 0.29) is 23.0 Å². The number of carbonyl (C=O) groups excluding carboxylic acids is 1. The number of hydrogen-bond acceptors (Lipinski definition) is 4. The minimum absolute atomic E-state index is 0.0227. The van der Waals surface area contributed by atoms with Gasteiger partial charge in [-0.15, -0.1) is 0 Å². The standard InChI is InChI=1S/C17H22N2O3S/c1-16(2)13(9-17(16,3)21-5)19(4)14(20)10-6-7-11-12(8-10)22-15(23)18-11/h6-8,13H,9H2,1-5H3,(H,18,23)/t13-,17+/m1/s1. The number of benzene rings is 1. The number of oxazole rings is 1. The van der Waals surface area contributed by atoms with Crippen molar-refractivity contribution >= 4 is 29.2 Å². The Morgan fingerprint density at radius 2 is 2.13 bits per heavy atom. The summed E-state index contributed by atoms with van der Waals surface area (Å²) >= 11 is 4.98. The number of rotatable bonds is 3. The molecule has 1 amide bonds. The maximum absolute atomic E-state index is 12.8. The largest absolute Gasteiger partial charge is 0.429 e. The molecule has 0 radical (unpaired) electrons. The van der Waals surface area contributed by atoms with E-state index < -0.39 is 0 Å². The minimum Gasteiger partial charge on any atom is -0.429 e. The van der Waals surface area contributed by atoms with E-state index in [1.54, 1.807) is 19.2 Å². The highest BCUT2D eigenvalue weighted by Gasteiger charge is 2.59. The smallest absolute Gasteiger partial charge is 0.266 e. The number of carbonyl (C=O) groups is 1. The lowest BCUT2D eigenvalue weighted by atomic mass is 9.55. The van der Waals surface area contributed by atoms with E-state index in [0.717, 1.165) is 11.9 Å². The molecule has 5 nitrogen and oxygen atoms in total. The Bertz CT molecular complexity index is 823. The fourth-order valence-electron chi connectivity index (χ4n) is 3.50. The number of fused-ring (bicyclic) bond motifs is 1. The summed E-state index contributed by atoms with van der Waals surface area (Å²) in [4.78, 5) is 17.9. The van der Waals surface area contributed by atoms with Gasteiger partial charge in [-0.05, 0) is 43.8 Å². The van der Waals surface area contributed by atoms with Gasteiger partial charge in [0.2, 0.25) is 0 Å². The van der Waals surface area contributed by atoms with Gasteiger partial charge in [-0.2, -0.15) is 0 Å². The van der Waals surface area contributed by atoms with Crippen LogP contribution in [0.1, 0.15) is 37.6 Å². The van der Waals surface area contributed by atoms with Crippen molar-refractivity contribution in [3.8, 4) is 0 Å². The molecule has 1 fully saturated rings. The van der Waals surface area contributed by atoms with E-state index >= 15 is 0 Å². The summed E-state index contributed by atoms with van der Waals surface area (Å²) in [6, 6.07) is 5.49. The zero-order valence-electron chi connectivity index (χ0n) is 14.1. The molecule has 1 saturated carbocycles. The number of nitrogens with one attached hydrogen (secondary N) is 1. The van der Waals surface area contributed by atoms with Crippen LogP contribution in [0.5, 0.6) is 0 Å². The predicted molar refractivity (Wildman–Crippen MR) is 91.1 cm³/mol. The average molecular weight is 334 g/mol. The summed E-state index contributed by atoms with van der Waals surface area (Å²) in [6.07, 6.45) is 0.825. The van der Waals surface area contributed by atoms with E-state index in [1.165, 1.54) is 0 Å². The predicted octanol–water partition coefficient (Wildman–Crippen LogP) is 3.77. The van der Waals surface area contributed by atoms with Gasteiger partial charge in [0.15, 0.2) is 5.58 Å². The number of aromatic amines is 1. The molecule has 124 valence electrons. The molecule has 1 N–H and O–H groups in total. The first-order valence-electron chi connectivity index (χ1n) is 7.65. The van der Waals surface area contributed by atoms with Crippen LogP contribution in [0, 0.1) is 10.3 Å². The third-order valence-corrected chi connectivity index (χ3v) is 5.87. The molecule has 1 aliphatic carbocycles. The number of methoxy groups -OCH3 is 1. The molecule has 1 aliphatic rings. The molecule has 0 saturated heterocycles. The molecule has 0 unspecified atom stereocenters. The van der Waals surface area contributed by atoms with Gasteiger partial charge in [-0.1, -0.05) is 13.8 Å². The first-order chi connectivity index (χ1) is 10.7. The van der Waals surface area contributed by atoms with Crippen LogP contribution < -0.4 is 0 Å². The molecule has 2 aromatic rings. The van der Waals surface area contributed by atoms with E-state index in [9.17, 15) is 4.79 Å². The monoisotopic (exact) mass is 334 g/mol. The van der Waals surface area contributed by atoms with Crippen molar-refractivity contribution in [2.45, 2.75) is 38.8 Å². The second-order valence-corrected chi connectivity index (χ2v) is 7.39. The second kappa shape index (κ2) is 5.18. The highest BCUT2D eigenvalue weighted by molar-refractivity contribution is 7.71. The van der Waals surface area contributed by atoms with E-state index in [4.69, 9.17) is 21.4 Å². The molecule has 0 aliphatic heterocycles. The van der Waals surface area contributed by atoms with E-state index in [2.05, 4.69) is 25.8 Å². The fraction of sp³-hybridized carbons (Fsp3) is 0.529. The van der Waals surface area contributed by atoms with Gasteiger partial charge in [0, 0.05) is 31.2 Å². The molecule has 0 spiro atoms. The number of hydrogen-bond donors (Lipinski definition) is 1. The number of amides is 1. The van der Waals surface area contributed by atoms with E-state index in [0.29, 0.717) is 16.0 Å². The van der Waals surface area contributed by atoms with E-state index in [1.807, 2.05) is 18.0 Å². The third kappa shape index (κ3) is 2.32. The van der Waals surface area contributed by atoms with Crippen molar-refractivity contribution in [2.75, 3.05) is 14.2 Å². The van der Waals surface area contributed by atoms with Gasteiger partial charge in [0.1, 0.15) is 0 Å². The second-order valence-electron chi connectivity index (χ2n) is 7.02. The summed E-state index contributed by atoms with van der Waals surface area (Å²) in [6.45, 7) is 6.38. The Balaban J connectivity index is 1.86. The van der Waals surface area contributed by atoms with Crippen LogP contribution >= 0.6 is 12.2 Å². The molecule has 0 bridgehead atoms. The first-order valence-corrected chi connectivity index (χ1v) is 8.05. The molecular formula is C17H22N2O3S. The van der Waals surface area contributed by atoms with Crippen molar-refractivity contribution in [3.63, 3.8) is 0 Å². The van der Waals surface area contributed by atoms with Gasteiger partial charge in [0.05, 0.1) is 11.1 Å². The van der Waals surface area contributed by atoms with Crippen molar-refractivity contribution in [1.82, 2.24) is 9.88 Å². The van der Waals surface area contributed by atoms with Crippen LogP contribution in [0.25, 0.3) is 11.1 Å². The Morgan fingerprint density at radius 1 is 1.43 bits per heavy atom. The zero-order valence-corrected chi connectivity index (χ0v) is 14.9. The zero-order chi connectivity index (χ0) is 17.0. The number of ether oxygens (including phenoxy) is 1. The van der Waals surface area contributed by atoms with Crippen molar-refractivity contribution in [2.24, 2.45) is 5.41 Å². The lowest BCUT2D eigenvalue weighted by molar-refractivity contribution is -0.198. The van der Waals surface area contributed by atoms with Crippen molar-refractivity contribution < 1.29 is 13.9 Å². The van der Waals surface area contributed by atoms with Crippen molar-refractivity contribution in [1.29, 1.82) is 0 Å². The Labute approximate surface area is 140 Å². The fourth-order valence-corrected chi connectivity index (χ4v) is 3.70. The molecule has 1 aromatic heterocycles. The Morgan fingerprint density at radius 3 is 2.74 bits per heavy atom. The number of nitrogens with zero attached hydrogens (tertiary/aromatic N) is 1. The molecule has 1 heterocycles. The van der Waals surface area contributed by atoms with Crippen molar-refractivity contribution in [3.05, 3.63) is 28.6 Å². The van der Waals surface area contributed by atoms with Gasteiger partial charge < -0.3 is 19.0 Å². The van der Waals surface area contributed by atoms with Gasteiger partial charge in [0.25, 0.3) is 10.7 Å². The average Bonchev–Trinajstić information content (AvgIpc) is 2.89. The molecule has 23 heavy (non-hydrogen) atoms. The highest BCUT2D eigenvalue weighted by atomic mass is 32.1. The maximum Gasteiger partial charge on any atom is 0.266 e. The Kier molecular flexibility index (Phi) is 3.65. The summed E-state index contributed by atoms with van der Waals surface area (Å²) in [5.41, 5.74) is 1.68. The molecule has 3 rings (SSSR count).